The number of halogens is 10. The number of hydrazine groups is 2. The monoisotopic (exact) mass is 705 g/mol. The third kappa shape index (κ3) is 15.2. The summed E-state index contributed by atoms with van der Waals surface area (Å²) in [6.45, 7) is 0. The highest BCUT2D eigenvalue weighted by Gasteiger charge is 2.39. The predicted molar refractivity (Wildman–Crippen MR) is 152 cm³/mol. The number of nitriles is 3. The number of nitrogens with zero attached hydrogens (tertiary/aromatic N) is 4. The van der Waals surface area contributed by atoms with Gasteiger partial charge in [0.05, 0.1) is 52.0 Å². The second kappa shape index (κ2) is 18.1. The minimum Gasteiger partial charge on any atom is -0.298 e. The largest absolute Gasteiger partial charge is 0.472 e. The third-order valence-corrected chi connectivity index (χ3v) is 4.95. The minimum atomic E-state index is -4.94. The molecule has 3 aromatic rings. The fourth-order valence-corrected chi connectivity index (χ4v) is 2.61. The fraction of sp³-hybridized carbons (Fsp3) is 0.111. The van der Waals surface area contributed by atoms with Gasteiger partial charge in [-0.2, -0.15) is 60.4 Å². The number of hydrogen-bond donors (Lipinski definition) is 5. The Morgan fingerprint density at radius 1 is 0.583 bits per heavy atom. The van der Waals surface area contributed by atoms with Crippen molar-refractivity contribution in [2.24, 2.45) is 5.10 Å². The summed E-state index contributed by atoms with van der Waals surface area (Å²) in [4.78, 5) is 20.9. The van der Waals surface area contributed by atoms with Crippen LogP contribution in [0.3, 0.4) is 0 Å². The summed E-state index contributed by atoms with van der Waals surface area (Å²) in [5.41, 5.74) is 10.6. The first-order valence-corrected chi connectivity index (χ1v) is 12.5. The first-order valence-electron chi connectivity index (χ1n) is 12.1. The number of rotatable bonds is 6. The van der Waals surface area contributed by atoms with Gasteiger partial charge < -0.3 is 0 Å². The Balaban J connectivity index is 0.000000360. The molecule has 0 heterocycles. The highest BCUT2D eigenvalue weighted by Crippen LogP contribution is 2.20. The van der Waals surface area contributed by atoms with Crippen LogP contribution in [-0.2, 0) is 9.59 Å². The Hall–Kier alpha value is -6.20. The van der Waals surface area contributed by atoms with Crippen LogP contribution in [0, 0.1) is 34.0 Å². The van der Waals surface area contributed by atoms with Gasteiger partial charge in [-0.15, -0.1) is 0 Å². The zero-order chi connectivity index (χ0) is 36.5. The fourth-order valence-electron chi connectivity index (χ4n) is 2.57. The van der Waals surface area contributed by atoms with Crippen molar-refractivity contribution in [2.45, 2.75) is 18.5 Å². The van der Waals surface area contributed by atoms with Crippen LogP contribution in [-0.4, -0.2) is 35.5 Å². The summed E-state index contributed by atoms with van der Waals surface area (Å²) < 4.78 is 107. The van der Waals surface area contributed by atoms with Crippen LogP contribution >= 0.6 is 11.6 Å². The normalized spacial score (nSPS) is 10.9. The van der Waals surface area contributed by atoms with Gasteiger partial charge in [0.2, 0.25) is 5.17 Å². The van der Waals surface area contributed by atoms with Crippen LogP contribution in [0.1, 0.15) is 16.7 Å². The van der Waals surface area contributed by atoms with Crippen LogP contribution in [0.5, 0.6) is 0 Å². The summed E-state index contributed by atoms with van der Waals surface area (Å²) in [5.74, 6) is -4.20. The molecule has 5 N–H and O–H groups in total. The van der Waals surface area contributed by atoms with Crippen molar-refractivity contribution in [3.63, 3.8) is 0 Å². The molecule has 0 fully saturated rings. The number of nitrogens with one attached hydrogen (secondary N) is 5. The average molecular weight is 706 g/mol. The Bertz CT molecular complexity index is 1640. The van der Waals surface area contributed by atoms with Gasteiger partial charge in [-0.25, -0.2) is 0 Å². The van der Waals surface area contributed by atoms with Crippen molar-refractivity contribution in [3.8, 4) is 18.2 Å². The van der Waals surface area contributed by atoms with Gasteiger partial charge in [0.25, 0.3) is 0 Å². The van der Waals surface area contributed by atoms with Crippen molar-refractivity contribution in [3.05, 3.63) is 89.5 Å². The van der Waals surface area contributed by atoms with Gasteiger partial charge in [0.1, 0.15) is 0 Å². The summed E-state index contributed by atoms with van der Waals surface area (Å²) in [7, 11) is 0. The van der Waals surface area contributed by atoms with Crippen LogP contribution in [0.2, 0.25) is 0 Å². The number of carbonyl (C=O) groups excluding carboxylic acids is 2. The molecule has 0 saturated carbocycles. The maximum atomic E-state index is 11.9. The van der Waals surface area contributed by atoms with E-state index in [0.717, 1.165) is 0 Å². The van der Waals surface area contributed by atoms with Gasteiger partial charge in [-0.3, -0.25) is 36.7 Å². The van der Waals surface area contributed by atoms with Crippen LogP contribution in [0.25, 0.3) is 0 Å². The molecule has 0 radical (unpaired) electrons. The van der Waals surface area contributed by atoms with E-state index in [1.54, 1.807) is 0 Å². The highest BCUT2D eigenvalue weighted by molar-refractivity contribution is 6.66. The molecule has 2 amide bonds. The molecule has 0 aliphatic rings. The topological polar surface area (TPSA) is 178 Å². The Kier molecular flexibility index (Phi) is 15.0. The lowest BCUT2D eigenvalue weighted by molar-refractivity contribution is -0.173. The Morgan fingerprint density at radius 2 is 0.917 bits per heavy atom. The van der Waals surface area contributed by atoms with E-state index >= 15 is 0 Å². The summed E-state index contributed by atoms with van der Waals surface area (Å²) in [6.07, 6.45) is -14.6. The van der Waals surface area contributed by atoms with E-state index < -0.39 is 35.5 Å². The average Bonchev–Trinajstić information content (AvgIpc) is 3.04. The van der Waals surface area contributed by atoms with E-state index in [1.807, 2.05) is 18.2 Å². The molecule has 11 nitrogen and oxygen atoms in total. The lowest BCUT2D eigenvalue weighted by atomic mass is 10.2. The molecule has 0 aromatic heterocycles. The van der Waals surface area contributed by atoms with Gasteiger partial charge in [-0.1, -0.05) is 29.8 Å². The first kappa shape index (κ1) is 39.8. The van der Waals surface area contributed by atoms with E-state index in [9.17, 15) is 49.1 Å². The Morgan fingerprint density at radius 3 is 1.23 bits per heavy atom. The smallest absolute Gasteiger partial charge is 0.298 e. The molecule has 0 saturated heterocycles. The number of amides is 2. The number of carbonyl (C=O) groups is 2. The second-order valence-corrected chi connectivity index (χ2v) is 8.60. The number of hydrogen-bond acceptors (Lipinski definition) is 9. The SMILES string of the molecule is N#Cc1cccc(N/N=C(\Cl)C(F)(F)F)c1.N#Cc1cccc(NNC(=O)C(F)(F)F)c1.N#Cc1cccc(NNC(=O)C(F)(F)F)c1. The van der Waals surface area contributed by atoms with Crippen molar-refractivity contribution in [2.75, 3.05) is 16.3 Å². The van der Waals surface area contributed by atoms with E-state index in [2.05, 4.69) is 21.4 Å². The lowest BCUT2D eigenvalue weighted by Crippen LogP contribution is -2.40. The molecule has 0 atom stereocenters. The van der Waals surface area contributed by atoms with Gasteiger partial charge in [0.15, 0.2) is 0 Å². The van der Waals surface area contributed by atoms with Crippen LogP contribution in [0.15, 0.2) is 77.9 Å². The maximum Gasteiger partial charge on any atom is 0.472 e. The quantitative estimate of drug-likeness (QED) is 0.114. The minimum absolute atomic E-state index is 0.191. The molecular formula is C27H17ClF9N9O2. The first-order chi connectivity index (χ1) is 22.3. The van der Waals surface area contributed by atoms with Crippen molar-refractivity contribution >= 4 is 45.6 Å². The summed E-state index contributed by atoms with van der Waals surface area (Å²) >= 11 is 4.88. The van der Waals surface area contributed by atoms with Crippen LogP contribution in [0.4, 0.5) is 56.6 Å². The van der Waals surface area contributed by atoms with E-state index in [-0.39, 0.29) is 28.2 Å². The predicted octanol–water partition coefficient (Wildman–Crippen LogP) is 6.21. The van der Waals surface area contributed by atoms with Crippen molar-refractivity contribution in [1.29, 1.82) is 15.8 Å². The highest BCUT2D eigenvalue weighted by atomic mass is 35.5. The maximum absolute atomic E-state index is 11.9. The van der Waals surface area contributed by atoms with Gasteiger partial charge in [-0.05, 0) is 54.6 Å². The van der Waals surface area contributed by atoms with Crippen molar-refractivity contribution in [1.82, 2.24) is 10.9 Å². The van der Waals surface area contributed by atoms with Crippen molar-refractivity contribution < 1.29 is 49.1 Å². The molecule has 252 valence electrons. The van der Waals surface area contributed by atoms with Gasteiger partial charge in [0, 0.05) is 0 Å². The molecule has 3 aromatic carbocycles. The molecule has 0 spiro atoms. The number of benzene rings is 3. The zero-order valence-electron chi connectivity index (χ0n) is 23.3. The molecule has 3 rings (SSSR count). The molecule has 0 bridgehead atoms. The number of anilines is 3. The number of hydrazone groups is 1. The molecule has 0 aliphatic heterocycles. The molecule has 48 heavy (non-hydrogen) atoms. The van der Waals surface area contributed by atoms with E-state index in [0.29, 0.717) is 5.56 Å². The lowest BCUT2D eigenvalue weighted by Gasteiger charge is -2.10. The standard InChI is InChI=1S/C9H5ClF3N3.2C9H6F3N3O/c10-8(9(11,12)13)16-15-7-3-1-2-6(4-7)5-14;2*10-9(11,12)8(16)15-14-7-3-1-2-6(4-7)5-13/h1-4,15H;2*1-4,14H,(H,15,16)/b16-8-;;. The molecular weight excluding hydrogens is 689 g/mol. The molecule has 21 heteroatoms. The zero-order valence-corrected chi connectivity index (χ0v) is 24.1. The Labute approximate surface area is 269 Å². The summed E-state index contributed by atoms with van der Waals surface area (Å²) in [6, 6.07) is 22.6. The van der Waals surface area contributed by atoms with Crippen LogP contribution < -0.4 is 27.1 Å². The third-order valence-electron chi connectivity index (χ3n) is 4.65. The van der Waals surface area contributed by atoms with Gasteiger partial charge >= 0.3 is 30.3 Å². The summed E-state index contributed by atoms with van der Waals surface area (Å²) in [5, 5.41) is 27.0. The molecule has 0 unspecified atom stereocenters. The molecule has 0 aliphatic carbocycles. The van der Waals surface area contributed by atoms with E-state index in [1.165, 1.54) is 83.6 Å². The number of alkyl halides is 9. The van der Waals surface area contributed by atoms with E-state index in [4.69, 9.17) is 27.4 Å². The second-order valence-electron chi connectivity index (χ2n) is 8.24.